The fourth-order valence-corrected chi connectivity index (χ4v) is 5.20. The zero-order valence-electron chi connectivity index (χ0n) is 18.3. The summed E-state index contributed by atoms with van der Waals surface area (Å²) in [5.74, 6) is -0.447. The van der Waals surface area contributed by atoms with Gasteiger partial charge in [-0.1, -0.05) is 53.7 Å². The van der Waals surface area contributed by atoms with Gasteiger partial charge in [0.2, 0.25) is 0 Å². The van der Waals surface area contributed by atoms with Crippen LogP contribution in [0.25, 0.3) is 6.08 Å². The summed E-state index contributed by atoms with van der Waals surface area (Å²) < 4.78 is 0. The van der Waals surface area contributed by atoms with Crippen molar-refractivity contribution in [1.29, 1.82) is 0 Å². The number of hydrogen-bond acceptors (Lipinski definition) is 4. The maximum Gasteiger partial charge on any atom is 0.328 e. The number of carboxylic acids is 1. The third kappa shape index (κ3) is 4.72. The Balaban J connectivity index is 2.00. The monoisotopic (exact) mass is 412 g/mol. The van der Waals surface area contributed by atoms with Crippen molar-refractivity contribution in [2.24, 2.45) is 5.92 Å². The summed E-state index contributed by atoms with van der Waals surface area (Å²) in [4.78, 5) is 19.6. The molecule has 1 heterocycles. The lowest BCUT2D eigenvalue weighted by molar-refractivity contribution is -0.131. The molecule has 29 heavy (non-hydrogen) atoms. The van der Waals surface area contributed by atoms with E-state index in [0.29, 0.717) is 5.92 Å². The highest BCUT2D eigenvalue weighted by Gasteiger charge is 2.41. The fourth-order valence-electron chi connectivity index (χ4n) is 3.79. The third-order valence-electron chi connectivity index (χ3n) is 5.65. The number of fused-ring (bicyclic) bond motifs is 1. The Labute approximate surface area is 178 Å². The smallest absolute Gasteiger partial charge is 0.328 e. The minimum absolute atomic E-state index is 0.106. The van der Waals surface area contributed by atoms with E-state index in [1.165, 1.54) is 23.1 Å². The van der Waals surface area contributed by atoms with Crippen LogP contribution in [0.4, 0.5) is 10.8 Å². The fraction of sp³-hybridized carbons (Fsp3) is 0.500. The molecule has 2 aromatic rings. The molecule has 4 nitrogen and oxygen atoms in total. The van der Waals surface area contributed by atoms with Crippen molar-refractivity contribution in [2.45, 2.75) is 65.2 Å². The Hall–Kier alpha value is -2.14. The molecule has 0 bridgehead atoms. The number of rotatable bonds is 6. The summed E-state index contributed by atoms with van der Waals surface area (Å²) >= 11 is 1.83. The van der Waals surface area contributed by atoms with Crippen LogP contribution >= 0.6 is 11.3 Å². The zero-order valence-corrected chi connectivity index (χ0v) is 19.1. The van der Waals surface area contributed by atoms with Gasteiger partial charge in [-0.15, -0.1) is 11.3 Å². The maximum atomic E-state index is 10.8. The van der Waals surface area contributed by atoms with Gasteiger partial charge >= 0.3 is 5.97 Å². The van der Waals surface area contributed by atoms with Crippen LogP contribution in [0.3, 0.4) is 0 Å². The Morgan fingerprint density at radius 2 is 1.79 bits per heavy atom. The molecule has 0 amide bonds. The van der Waals surface area contributed by atoms with Gasteiger partial charge in [0.1, 0.15) is 0 Å². The number of nitrogens with zero attached hydrogens (tertiary/aromatic N) is 2. The first-order valence-electron chi connectivity index (χ1n) is 10.3. The normalized spacial score (nSPS) is 17.5. The molecule has 1 aliphatic rings. The minimum Gasteiger partial charge on any atom is -0.478 e. The third-order valence-corrected chi connectivity index (χ3v) is 7.09. The number of carbonyl (C=O) groups is 1. The van der Waals surface area contributed by atoms with Crippen molar-refractivity contribution in [2.75, 3.05) is 11.4 Å². The Bertz CT molecular complexity index is 874. The van der Waals surface area contributed by atoms with Gasteiger partial charge in [0, 0.05) is 34.0 Å². The molecule has 1 aromatic heterocycles. The molecular formula is C24H32N2O2S. The lowest BCUT2D eigenvalue weighted by Crippen LogP contribution is -2.32. The SMILES string of the molecule is CC(C)CN(c1ccc(/C=C/C(=O)O)cc1)c1nc2c(s1)C(C)(C)CCC2(C)C. The van der Waals surface area contributed by atoms with E-state index in [1.54, 1.807) is 6.08 Å². The summed E-state index contributed by atoms with van der Waals surface area (Å²) in [5.41, 5.74) is 3.49. The van der Waals surface area contributed by atoms with E-state index in [0.717, 1.165) is 29.3 Å². The lowest BCUT2D eigenvalue weighted by atomic mass is 9.69. The lowest BCUT2D eigenvalue weighted by Gasteiger charge is -2.37. The van der Waals surface area contributed by atoms with Crippen molar-refractivity contribution in [1.82, 2.24) is 4.98 Å². The number of aromatic nitrogens is 1. The molecule has 3 rings (SSSR count). The summed E-state index contributed by atoms with van der Waals surface area (Å²) in [7, 11) is 0. The second kappa shape index (κ2) is 7.94. The predicted octanol–water partition coefficient (Wildman–Crippen LogP) is 6.38. The maximum absolute atomic E-state index is 10.8. The van der Waals surface area contributed by atoms with E-state index in [2.05, 4.69) is 58.6 Å². The van der Waals surface area contributed by atoms with Crippen LogP contribution in [-0.4, -0.2) is 22.6 Å². The summed E-state index contributed by atoms with van der Waals surface area (Å²) in [6.07, 6.45) is 5.13. The number of thiazole rings is 1. The van der Waals surface area contributed by atoms with Gasteiger partial charge in [-0.3, -0.25) is 0 Å². The van der Waals surface area contributed by atoms with E-state index in [-0.39, 0.29) is 10.8 Å². The van der Waals surface area contributed by atoms with Crippen LogP contribution in [0.15, 0.2) is 30.3 Å². The Morgan fingerprint density at radius 3 is 2.34 bits per heavy atom. The van der Waals surface area contributed by atoms with Crippen LogP contribution in [0.1, 0.15) is 70.5 Å². The zero-order chi connectivity index (χ0) is 21.4. The standard InChI is InChI=1S/C24H32N2O2S/c1-16(2)15-26(18-10-7-17(8-11-18)9-12-19(27)28)22-25-20-21(29-22)24(5,6)14-13-23(20,3)4/h7-12,16H,13-15H2,1-6H3,(H,27,28)/b12-9+. The van der Waals surface area contributed by atoms with Gasteiger partial charge in [-0.2, -0.15) is 0 Å². The number of benzene rings is 1. The molecule has 0 aliphatic heterocycles. The molecule has 0 unspecified atom stereocenters. The largest absolute Gasteiger partial charge is 0.478 e. The van der Waals surface area contributed by atoms with Crippen molar-refractivity contribution in [3.8, 4) is 0 Å². The van der Waals surface area contributed by atoms with Gasteiger partial charge in [0.25, 0.3) is 0 Å². The molecule has 0 fully saturated rings. The highest BCUT2D eigenvalue weighted by Crippen LogP contribution is 2.50. The number of hydrogen-bond donors (Lipinski definition) is 1. The van der Waals surface area contributed by atoms with E-state index >= 15 is 0 Å². The highest BCUT2D eigenvalue weighted by molar-refractivity contribution is 7.16. The minimum atomic E-state index is -0.936. The molecule has 1 aromatic carbocycles. The Kier molecular flexibility index (Phi) is 5.91. The highest BCUT2D eigenvalue weighted by atomic mass is 32.1. The van der Waals surface area contributed by atoms with E-state index in [9.17, 15) is 4.79 Å². The predicted molar refractivity (Wildman–Crippen MR) is 122 cm³/mol. The quantitative estimate of drug-likeness (QED) is 0.559. The first-order chi connectivity index (χ1) is 13.5. The van der Waals surface area contributed by atoms with E-state index < -0.39 is 5.97 Å². The average molecular weight is 413 g/mol. The van der Waals surface area contributed by atoms with E-state index in [1.807, 2.05) is 23.5 Å². The number of carboxylic acid groups (broad SMARTS) is 1. The van der Waals surface area contributed by atoms with Crippen LogP contribution < -0.4 is 4.90 Å². The van der Waals surface area contributed by atoms with Gasteiger partial charge in [0.05, 0.1) is 5.69 Å². The molecule has 0 saturated carbocycles. The van der Waals surface area contributed by atoms with Crippen LogP contribution in [0, 0.1) is 5.92 Å². The van der Waals surface area contributed by atoms with Crippen molar-refractivity contribution in [3.63, 3.8) is 0 Å². The molecular weight excluding hydrogens is 380 g/mol. The van der Waals surface area contributed by atoms with Crippen molar-refractivity contribution < 1.29 is 9.90 Å². The van der Waals surface area contributed by atoms with Crippen LogP contribution in [0.5, 0.6) is 0 Å². The molecule has 1 N–H and O–H groups in total. The molecule has 0 atom stereocenters. The number of aliphatic carboxylic acids is 1. The molecule has 0 saturated heterocycles. The van der Waals surface area contributed by atoms with Crippen molar-refractivity contribution >= 4 is 34.2 Å². The average Bonchev–Trinajstić information content (AvgIpc) is 3.10. The molecule has 156 valence electrons. The summed E-state index contributed by atoms with van der Waals surface area (Å²) in [5, 5.41) is 9.88. The van der Waals surface area contributed by atoms with Gasteiger partial charge in [0.15, 0.2) is 5.13 Å². The van der Waals surface area contributed by atoms with Crippen LogP contribution in [-0.2, 0) is 15.6 Å². The second-order valence-electron chi connectivity index (χ2n) is 9.71. The molecule has 0 spiro atoms. The van der Waals surface area contributed by atoms with Gasteiger partial charge < -0.3 is 10.0 Å². The van der Waals surface area contributed by atoms with Gasteiger partial charge in [-0.05, 0) is 42.5 Å². The Morgan fingerprint density at radius 1 is 1.17 bits per heavy atom. The first kappa shape index (κ1) is 21.6. The molecule has 1 aliphatic carbocycles. The number of anilines is 2. The van der Waals surface area contributed by atoms with Crippen LogP contribution in [0.2, 0.25) is 0 Å². The van der Waals surface area contributed by atoms with Gasteiger partial charge in [-0.25, -0.2) is 9.78 Å². The first-order valence-corrected chi connectivity index (χ1v) is 11.1. The summed E-state index contributed by atoms with van der Waals surface area (Å²) in [6.45, 7) is 14.6. The topological polar surface area (TPSA) is 53.4 Å². The molecule has 0 radical (unpaired) electrons. The van der Waals surface area contributed by atoms with E-state index in [4.69, 9.17) is 10.1 Å². The van der Waals surface area contributed by atoms with Crippen molar-refractivity contribution in [3.05, 3.63) is 46.5 Å². The summed E-state index contributed by atoms with van der Waals surface area (Å²) in [6, 6.07) is 8.04. The molecule has 5 heteroatoms. The second-order valence-corrected chi connectivity index (χ2v) is 10.7.